The summed E-state index contributed by atoms with van der Waals surface area (Å²) in [4.78, 5) is 2.41. The fourth-order valence-corrected chi connectivity index (χ4v) is 10.8. The van der Waals surface area contributed by atoms with Crippen LogP contribution in [0.1, 0.15) is 0 Å². The second-order valence-electron chi connectivity index (χ2n) is 18.1. The highest BCUT2D eigenvalue weighted by Crippen LogP contribution is 2.44. The molecule has 14 aromatic rings. The largest absolute Gasteiger partial charge is 0.455 e. The summed E-state index contributed by atoms with van der Waals surface area (Å²) in [6.45, 7) is 0. The fourth-order valence-electron chi connectivity index (χ4n) is 10.8. The van der Waals surface area contributed by atoms with Crippen LogP contribution in [0.4, 0.5) is 17.1 Å². The average molecular weight is 879 g/mol. The smallest absolute Gasteiger partial charge is 0.143 e. The van der Waals surface area contributed by atoms with Crippen molar-refractivity contribution in [2.45, 2.75) is 0 Å². The lowest BCUT2D eigenvalue weighted by Crippen LogP contribution is -2.11. The molecule has 3 nitrogen and oxygen atoms in total. The van der Waals surface area contributed by atoms with Gasteiger partial charge in [-0.3, -0.25) is 0 Å². The Morgan fingerprint density at radius 2 is 0.826 bits per heavy atom. The van der Waals surface area contributed by atoms with E-state index in [0.717, 1.165) is 77.9 Å². The van der Waals surface area contributed by atoms with Crippen LogP contribution in [0.15, 0.2) is 259 Å². The monoisotopic (exact) mass is 878 g/mol. The molecular weight excluding hydrogens is 837 g/mol. The molecule has 2 heterocycles. The van der Waals surface area contributed by atoms with Gasteiger partial charge in [-0.25, -0.2) is 0 Å². The van der Waals surface area contributed by atoms with Crippen LogP contribution in [0.2, 0.25) is 0 Å². The highest BCUT2D eigenvalue weighted by Gasteiger charge is 2.20. The molecule has 0 unspecified atom stereocenters. The molecule has 2 aromatic heterocycles. The van der Waals surface area contributed by atoms with Crippen molar-refractivity contribution in [1.82, 2.24) is 4.57 Å². The number of nitrogens with zero attached hydrogens (tertiary/aromatic N) is 2. The lowest BCUT2D eigenvalue weighted by atomic mass is 9.95. The number of fused-ring (bicyclic) bond motifs is 11. The van der Waals surface area contributed by atoms with E-state index in [9.17, 15) is 0 Å². The number of rotatable bonds is 7. The van der Waals surface area contributed by atoms with E-state index in [4.69, 9.17) is 4.42 Å². The summed E-state index contributed by atoms with van der Waals surface area (Å²) < 4.78 is 8.87. The normalized spacial score (nSPS) is 11.8. The van der Waals surface area contributed by atoms with E-state index in [1.54, 1.807) is 0 Å². The number of hydrogen-bond donors (Lipinski definition) is 0. The van der Waals surface area contributed by atoms with Gasteiger partial charge in [0.25, 0.3) is 0 Å². The molecule has 0 aliphatic carbocycles. The first-order chi connectivity index (χ1) is 34.2. The van der Waals surface area contributed by atoms with Gasteiger partial charge in [-0.1, -0.05) is 176 Å². The molecule has 0 amide bonds. The van der Waals surface area contributed by atoms with Gasteiger partial charge >= 0.3 is 0 Å². The maximum absolute atomic E-state index is 6.48. The second-order valence-corrected chi connectivity index (χ2v) is 18.1. The van der Waals surface area contributed by atoms with Crippen molar-refractivity contribution in [3.63, 3.8) is 0 Å². The zero-order valence-corrected chi connectivity index (χ0v) is 37.6. The van der Waals surface area contributed by atoms with Crippen LogP contribution >= 0.6 is 0 Å². The molecule has 322 valence electrons. The summed E-state index contributed by atoms with van der Waals surface area (Å²) in [6.07, 6.45) is 0. The van der Waals surface area contributed by atoms with E-state index < -0.39 is 0 Å². The second kappa shape index (κ2) is 15.7. The van der Waals surface area contributed by atoms with Gasteiger partial charge in [0.1, 0.15) is 11.2 Å². The van der Waals surface area contributed by atoms with Crippen molar-refractivity contribution < 1.29 is 4.42 Å². The molecule has 0 spiro atoms. The fraction of sp³-hybridized carbons (Fsp3) is 0. The molecule has 0 saturated carbocycles. The van der Waals surface area contributed by atoms with Crippen LogP contribution in [-0.2, 0) is 0 Å². The van der Waals surface area contributed by atoms with Crippen molar-refractivity contribution in [1.29, 1.82) is 0 Å². The Labute approximate surface area is 399 Å². The Morgan fingerprint density at radius 1 is 0.304 bits per heavy atom. The van der Waals surface area contributed by atoms with Gasteiger partial charge in [0, 0.05) is 49.6 Å². The minimum Gasteiger partial charge on any atom is -0.455 e. The van der Waals surface area contributed by atoms with Gasteiger partial charge in [-0.2, -0.15) is 0 Å². The molecule has 0 aliphatic rings. The predicted octanol–water partition coefficient (Wildman–Crippen LogP) is 18.6. The number of para-hydroxylation sites is 3. The molecule has 0 fully saturated rings. The van der Waals surface area contributed by atoms with E-state index in [1.807, 2.05) is 0 Å². The van der Waals surface area contributed by atoms with Crippen LogP contribution in [-0.4, -0.2) is 4.57 Å². The van der Waals surface area contributed by atoms with Crippen LogP contribution in [0, 0.1) is 0 Å². The summed E-state index contributed by atoms with van der Waals surface area (Å²) in [5.74, 6) is 0. The predicted molar refractivity (Wildman–Crippen MR) is 292 cm³/mol. The third kappa shape index (κ3) is 6.43. The molecule has 0 bridgehead atoms. The highest BCUT2D eigenvalue weighted by atomic mass is 16.3. The first-order valence-electron chi connectivity index (χ1n) is 23.6. The quantitative estimate of drug-likeness (QED) is 0.149. The van der Waals surface area contributed by atoms with Gasteiger partial charge in [0.05, 0.1) is 16.7 Å². The van der Waals surface area contributed by atoms with Gasteiger partial charge in [-0.05, 0) is 134 Å². The van der Waals surface area contributed by atoms with Crippen molar-refractivity contribution in [2.24, 2.45) is 0 Å². The Kier molecular flexibility index (Phi) is 8.90. The lowest BCUT2D eigenvalue weighted by molar-refractivity contribution is 0.672. The SMILES string of the molecule is c1cc(-c2ccc(N(c3ccc(-c4ccc5oc6c7ccccc7ccc6c5c4)cc3)c3ccccc3-c3ccc4ccc5ccccc5c4c3)cc2)cc(-n2c3ccccc3c3ccccc32)c1. The Balaban J connectivity index is 0.881. The third-order valence-electron chi connectivity index (χ3n) is 14.2. The molecule has 0 radical (unpaired) electrons. The van der Waals surface area contributed by atoms with Crippen molar-refractivity contribution in [3.05, 3.63) is 255 Å². The first-order valence-corrected chi connectivity index (χ1v) is 23.6. The summed E-state index contributed by atoms with van der Waals surface area (Å²) in [6, 6.07) is 92.6. The molecule has 69 heavy (non-hydrogen) atoms. The maximum atomic E-state index is 6.48. The van der Waals surface area contributed by atoms with Crippen molar-refractivity contribution in [3.8, 4) is 39.1 Å². The molecule has 0 aliphatic heterocycles. The van der Waals surface area contributed by atoms with E-state index >= 15 is 0 Å². The van der Waals surface area contributed by atoms with Crippen molar-refractivity contribution >= 4 is 93.1 Å². The zero-order chi connectivity index (χ0) is 45.4. The number of hydrogen-bond acceptors (Lipinski definition) is 2. The Bertz CT molecular complexity index is 4260. The topological polar surface area (TPSA) is 21.3 Å². The van der Waals surface area contributed by atoms with Gasteiger partial charge in [0.15, 0.2) is 0 Å². The van der Waals surface area contributed by atoms with E-state index in [2.05, 4.69) is 264 Å². The van der Waals surface area contributed by atoms with Crippen LogP contribution in [0.3, 0.4) is 0 Å². The molecule has 12 aromatic carbocycles. The van der Waals surface area contributed by atoms with Crippen LogP contribution in [0.5, 0.6) is 0 Å². The maximum Gasteiger partial charge on any atom is 0.143 e. The molecule has 3 heteroatoms. The number of aromatic nitrogens is 1. The lowest BCUT2D eigenvalue weighted by Gasteiger charge is -2.28. The first kappa shape index (κ1) is 39.0. The van der Waals surface area contributed by atoms with Gasteiger partial charge in [-0.15, -0.1) is 0 Å². The number of benzene rings is 12. The van der Waals surface area contributed by atoms with E-state index in [1.165, 1.54) is 54.3 Å². The summed E-state index contributed by atoms with van der Waals surface area (Å²) in [5.41, 5.74) is 15.6. The van der Waals surface area contributed by atoms with E-state index in [0.29, 0.717) is 0 Å². The number of anilines is 3. The van der Waals surface area contributed by atoms with Crippen LogP contribution < -0.4 is 4.90 Å². The highest BCUT2D eigenvalue weighted by molar-refractivity contribution is 6.16. The van der Waals surface area contributed by atoms with Crippen LogP contribution in [0.25, 0.3) is 115 Å². The summed E-state index contributed by atoms with van der Waals surface area (Å²) in [7, 11) is 0. The number of furan rings is 1. The minimum atomic E-state index is 0.896. The third-order valence-corrected chi connectivity index (χ3v) is 14.2. The molecule has 0 saturated heterocycles. The van der Waals surface area contributed by atoms with Gasteiger partial charge < -0.3 is 13.9 Å². The Morgan fingerprint density at radius 3 is 1.55 bits per heavy atom. The minimum absolute atomic E-state index is 0.896. The standard InChI is InChI=1S/C66H42N2O/c1-3-16-54-45(12-1)24-25-47-26-27-50(42-60(47)54)55-17-5-8-21-62(55)67(52-36-30-44(31-37-52)49-33-39-65-61(41-49)59-38-32-46-13-2-4-18-56(46)66(59)69-65)51-34-28-43(29-35-51)48-14-11-15-53(40-48)68-63-22-9-6-19-57(63)58-20-7-10-23-64(58)68/h1-42H. The van der Waals surface area contributed by atoms with Gasteiger partial charge in [0.2, 0.25) is 0 Å². The molecular formula is C66H42N2O. The molecule has 0 N–H and O–H groups in total. The Hall–Kier alpha value is -9.18. The molecule has 0 atom stereocenters. The summed E-state index contributed by atoms with van der Waals surface area (Å²) >= 11 is 0. The average Bonchev–Trinajstić information content (AvgIpc) is 3.97. The van der Waals surface area contributed by atoms with E-state index in [-0.39, 0.29) is 0 Å². The molecule has 14 rings (SSSR count). The summed E-state index contributed by atoms with van der Waals surface area (Å²) in [5, 5.41) is 12.1. The zero-order valence-electron chi connectivity index (χ0n) is 37.6. The van der Waals surface area contributed by atoms with Crippen molar-refractivity contribution in [2.75, 3.05) is 4.90 Å².